The largest absolute Gasteiger partial charge is 0.464 e. The van der Waals surface area contributed by atoms with E-state index in [1.807, 2.05) is 5.38 Å². The zero-order chi connectivity index (χ0) is 17.4. The van der Waals surface area contributed by atoms with Gasteiger partial charge in [-0.15, -0.1) is 11.3 Å². The number of nitrogens with zero attached hydrogens (tertiary/aromatic N) is 2. The second-order valence-electron chi connectivity index (χ2n) is 5.42. The Labute approximate surface area is 149 Å². The number of hydrogen-bond acceptors (Lipinski definition) is 5. The molecule has 1 aromatic heterocycles. The van der Waals surface area contributed by atoms with E-state index < -0.39 is 12.0 Å². The van der Waals surface area contributed by atoms with Crippen LogP contribution in [0.3, 0.4) is 0 Å². The predicted octanol–water partition coefficient (Wildman–Crippen LogP) is 3.12. The number of alkyl halides is 1. The molecule has 0 aromatic carbocycles. The van der Waals surface area contributed by atoms with Crippen LogP contribution in [0.4, 0.5) is 4.79 Å². The van der Waals surface area contributed by atoms with E-state index in [0.717, 1.165) is 10.7 Å². The fraction of sp³-hybridized carbons (Fsp3) is 0.667. The monoisotopic (exact) mass is 405 g/mol. The number of carbonyl (C=O) groups is 2. The molecule has 0 saturated heterocycles. The van der Waals surface area contributed by atoms with Crippen LogP contribution in [0.15, 0.2) is 5.38 Å². The van der Waals surface area contributed by atoms with Gasteiger partial charge in [-0.3, -0.25) is 0 Å². The van der Waals surface area contributed by atoms with Crippen LogP contribution in [0, 0.1) is 0 Å². The van der Waals surface area contributed by atoms with Crippen molar-refractivity contribution in [3.05, 3.63) is 16.1 Å². The Hall–Kier alpha value is -1.15. The molecule has 1 N–H and O–H groups in total. The molecule has 1 rings (SSSR count). The van der Waals surface area contributed by atoms with Crippen molar-refractivity contribution in [1.29, 1.82) is 0 Å². The van der Waals surface area contributed by atoms with Crippen molar-refractivity contribution in [1.82, 2.24) is 15.2 Å². The van der Waals surface area contributed by atoms with Gasteiger partial charge in [0.15, 0.2) is 0 Å². The first-order chi connectivity index (χ1) is 10.9. The van der Waals surface area contributed by atoms with E-state index in [2.05, 4.69) is 40.1 Å². The highest BCUT2D eigenvalue weighted by molar-refractivity contribution is 9.09. The van der Waals surface area contributed by atoms with Crippen molar-refractivity contribution in [2.75, 3.05) is 19.0 Å². The first kappa shape index (κ1) is 19.9. The third-order valence-electron chi connectivity index (χ3n) is 3.08. The van der Waals surface area contributed by atoms with Crippen LogP contribution < -0.4 is 5.32 Å². The van der Waals surface area contributed by atoms with Crippen molar-refractivity contribution >= 4 is 39.3 Å². The quantitative estimate of drug-likeness (QED) is 0.532. The van der Waals surface area contributed by atoms with Gasteiger partial charge in [0.05, 0.1) is 23.9 Å². The highest BCUT2D eigenvalue weighted by atomic mass is 79.9. The molecule has 0 aliphatic rings. The number of ether oxygens (including phenoxy) is 1. The molecule has 130 valence electrons. The molecule has 1 atom stereocenters. The predicted molar refractivity (Wildman–Crippen MR) is 95.0 cm³/mol. The summed E-state index contributed by atoms with van der Waals surface area (Å²) in [5, 5.41) is 6.32. The third-order valence-corrected chi connectivity index (χ3v) is 4.73. The van der Waals surface area contributed by atoms with Gasteiger partial charge in [0, 0.05) is 23.7 Å². The lowest BCUT2D eigenvalue weighted by molar-refractivity contribution is -0.145. The Morgan fingerprint density at radius 1 is 1.48 bits per heavy atom. The van der Waals surface area contributed by atoms with E-state index in [4.69, 9.17) is 4.74 Å². The highest BCUT2D eigenvalue weighted by Gasteiger charge is 2.23. The van der Waals surface area contributed by atoms with Gasteiger partial charge < -0.3 is 15.0 Å². The molecule has 0 aliphatic heterocycles. The molecule has 1 unspecified atom stereocenters. The van der Waals surface area contributed by atoms with Crippen molar-refractivity contribution in [3.63, 3.8) is 0 Å². The van der Waals surface area contributed by atoms with Crippen molar-refractivity contribution < 1.29 is 14.3 Å². The van der Waals surface area contributed by atoms with Crippen LogP contribution >= 0.6 is 27.3 Å². The maximum absolute atomic E-state index is 12.2. The molecule has 2 amide bonds. The molecule has 0 bridgehead atoms. The minimum absolute atomic E-state index is 0.292. The molecular formula is C15H24BrN3O3S. The van der Waals surface area contributed by atoms with Crippen LogP contribution in [-0.4, -0.2) is 46.9 Å². The summed E-state index contributed by atoms with van der Waals surface area (Å²) in [4.78, 5) is 30.1. The fourth-order valence-corrected chi connectivity index (χ4v) is 3.12. The Bertz CT molecular complexity index is 522. The number of rotatable bonds is 8. The number of amides is 2. The van der Waals surface area contributed by atoms with E-state index >= 15 is 0 Å². The number of urea groups is 1. The smallest absolute Gasteiger partial charge is 0.328 e. The van der Waals surface area contributed by atoms with Gasteiger partial charge in [-0.25, -0.2) is 14.6 Å². The Morgan fingerprint density at radius 3 is 2.70 bits per heavy atom. The summed E-state index contributed by atoms with van der Waals surface area (Å²) < 4.78 is 4.98. The van der Waals surface area contributed by atoms with Gasteiger partial charge in [-0.1, -0.05) is 29.8 Å². The number of halogens is 1. The van der Waals surface area contributed by atoms with Gasteiger partial charge in [-0.05, 0) is 13.3 Å². The molecule has 0 radical (unpaired) electrons. The van der Waals surface area contributed by atoms with E-state index in [1.54, 1.807) is 25.3 Å². The van der Waals surface area contributed by atoms with Gasteiger partial charge in [0.2, 0.25) is 0 Å². The standard InChI is InChI=1S/C15H24BrN3O3S/c1-5-22-14(20)12(6-7-16)18-15(21)19(4)8-11-9-23-13(17-11)10(2)3/h9-10,12H,5-8H2,1-4H3,(H,18,21). The first-order valence-electron chi connectivity index (χ1n) is 7.57. The molecule has 0 fully saturated rings. The summed E-state index contributed by atoms with van der Waals surface area (Å²) in [6.45, 7) is 6.61. The number of esters is 1. The third kappa shape index (κ3) is 6.47. The minimum Gasteiger partial charge on any atom is -0.464 e. The van der Waals surface area contributed by atoms with Crippen LogP contribution in [-0.2, 0) is 16.1 Å². The van der Waals surface area contributed by atoms with E-state index in [1.165, 1.54) is 4.90 Å². The average Bonchev–Trinajstić information content (AvgIpc) is 2.95. The van der Waals surface area contributed by atoms with Crippen molar-refractivity contribution in [2.24, 2.45) is 0 Å². The Morgan fingerprint density at radius 2 is 2.17 bits per heavy atom. The average molecular weight is 406 g/mol. The van der Waals surface area contributed by atoms with Crippen molar-refractivity contribution in [3.8, 4) is 0 Å². The van der Waals surface area contributed by atoms with Crippen LogP contribution in [0.2, 0.25) is 0 Å². The summed E-state index contributed by atoms with van der Waals surface area (Å²) >= 11 is 4.88. The van der Waals surface area contributed by atoms with Gasteiger partial charge in [0.1, 0.15) is 6.04 Å². The molecule has 6 nitrogen and oxygen atoms in total. The maximum atomic E-state index is 12.2. The number of hydrogen-bond donors (Lipinski definition) is 1. The molecule has 1 heterocycles. The van der Waals surface area contributed by atoms with Gasteiger partial charge >= 0.3 is 12.0 Å². The molecule has 1 aromatic rings. The molecule has 0 saturated carbocycles. The summed E-state index contributed by atoms with van der Waals surface area (Å²) in [5.41, 5.74) is 0.851. The minimum atomic E-state index is -0.647. The summed E-state index contributed by atoms with van der Waals surface area (Å²) in [6.07, 6.45) is 0.479. The van der Waals surface area contributed by atoms with Crippen LogP contribution in [0.5, 0.6) is 0 Å². The lowest BCUT2D eigenvalue weighted by atomic mass is 10.2. The number of carbonyl (C=O) groups excluding carboxylic acids is 2. The lowest BCUT2D eigenvalue weighted by Crippen LogP contribution is -2.47. The summed E-state index contributed by atoms with van der Waals surface area (Å²) in [6, 6.07) is -0.964. The second-order valence-corrected chi connectivity index (χ2v) is 7.10. The van der Waals surface area contributed by atoms with Crippen LogP contribution in [0.1, 0.15) is 43.8 Å². The van der Waals surface area contributed by atoms with E-state index in [-0.39, 0.29) is 6.03 Å². The van der Waals surface area contributed by atoms with Crippen molar-refractivity contribution in [2.45, 2.75) is 45.7 Å². The molecule has 0 aliphatic carbocycles. The molecule has 0 spiro atoms. The first-order valence-corrected chi connectivity index (χ1v) is 9.57. The topological polar surface area (TPSA) is 71.5 Å². The number of nitrogens with one attached hydrogen (secondary N) is 1. The number of aromatic nitrogens is 1. The Kier molecular flexibility index (Phi) is 8.54. The zero-order valence-corrected chi connectivity index (χ0v) is 16.4. The normalized spacial score (nSPS) is 12.1. The summed E-state index contributed by atoms with van der Waals surface area (Å²) in [7, 11) is 1.68. The molecule has 23 heavy (non-hydrogen) atoms. The maximum Gasteiger partial charge on any atom is 0.328 e. The van der Waals surface area contributed by atoms with Gasteiger partial charge in [-0.2, -0.15) is 0 Å². The van der Waals surface area contributed by atoms with E-state index in [9.17, 15) is 9.59 Å². The zero-order valence-electron chi connectivity index (χ0n) is 14.0. The molecular weight excluding hydrogens is 382 g/mol. The van der Waals surface area contributed by atoms with Gasteiger partial charge in [0.25, 0.3) is 0 Å². The molecule has 8 heteroatoms. The van der Waals surface area contributed by atoms with Crippen LogP contribution in [0.25, 0.3) is 0 Å². The lowest BCUT2D eigenvalue weighted by Gasteiger charge is -2.21. The summed E-state index contributed by atoms with van der Waals surface area (Å²) in [5.74, 6) is -0.0375. The van der Waals surface area contributed by atoms with E-state index in [0.29, 0.717) is 30.8 Å². The highest BCUT2D eigenvalue weighted by Crippen LogP contribution is 2.19. The number of thiazole rings is 1. The second kappa shape index (κ2) is 9.87. The fourth-order valence-electron chi connectivity index (χ4n) is 1.84. The Balaban J connectivity index is 2.61. The SMILES string of the molecule is CCOC(=O)C(CCBr)NC(=O)N(C)Cc1csc(C(C)C)n1.